The maximum Gasteiger partial charge on any atom is 0.247 e. The molecule has 3 rings (SSSR count). The van der Waals surface area contributed by atoms with Crippen LogP contribution in [0.5, 0.6) is 5.88 Å². The summed E-state index contributed by atoms with van der Waals surface area (Å²) in [5, 5.41) is 4.38. The van der Waals surface area contributed by atoms with E-state index in [4.69, 9.17) is 10.5 Å². The van der Waals surface area contributed by atoms with Gasteiger partial charge in [0.2, 0.25) is 11.8 Å². The topological polar surface area (TPSA) is 105 Å². The van der Waals surface area contributed by atoms with Crippen LogP contribution >= 0.6 is 0 Å². The zero-order valence-corrected chi connectivity index (χ0v) is 14.1. The van der Waals surface area contributed by atoms with E-state index in [1.165, 1.54) is 0 Å². The Morgan fingerprint density at radius 1 is 1.21 bits per heavy atom. The molecule has 0 aliphatic heterocycles. The second-order valence-corrected chi connectivity index (χ2v) is 5.92. The van der Waals surface area contributed by atoms with E-state index in [0.29, 0.717) is 35.3 Å². The number of hydrogen-bond donors (Lipinski definition) is 1. The van der Waals surface area contributed by atoms with E-state index in [1.54, 1.807) is 12.4 Å². The molecule has 8 nitrogen and oxygen atoms in total. The maximum absolute atomic E-state index is 5.68. The number of ether oxygens (including phenoxy) is 1. The number of hydrogen-bond acceptors (Lipinski definition) is 7. The Bertz CT molecular complexity index is 844. The zero-order chi connectivity index (χ0) is 17.1. The number of anilines is 1. The minimum atomic E-state index is 0.120. The average molecular weight is 327 g/mol. The van der Waals surface area contributed by atoms with Crippen molar-refractivity contribution in [1.29, 1.82) is 0 Å². The van der Waals surface area contributed by atoms with Crippen LogP contribution in [0.3, 0.4) is 0 Å². The van der Waals surface area contributed by atoms with Crippen LogP contribution in [0.25, 0.3) is 22.4 Å². The fraction of sp³-hybridized carbons (Fsp3) is 0.438. The molecule has 3 aromatic rings. The molecule has 3 heterocycles. The second kappa shape index (κ2) is 6.77. The predicted octanol–water partition coefficient (Wildman–Crippen LogP) is 2.31. The normalized spacial score (nSPS) is 11.3. The van der Waals surface area contributed by atoms with Gasteiger partial charge in [-0.25, -0.2) is 9.97 Å². The van der Waals surface area contributed by atoms with E-state index in [-0.39, 0.29) is 5.95 Å². The lowest BCUT2D eigenvalue weighted by Crippen LogP contribution is -2.04. The third kappa shape index (κ3) is 3.42. The van der Waals surface area contributed by atoms with Crippen LogP contribution in [0.4, 0.5) is 5.95 Å². The fourth-order valence-corrected chi connectivity index (χ4v) is 2.28. The van der Waals surface area contributed by atoms with Gasteiger partial charge >= 0.3 is 0 Å². The summed E-state index contributed by atoms with van der Waals surface area (Å²) in [6.07, 6.45) is 6.49. The highest BCUT2D eigenvalue weighted by atomic mass is 16.5. The minimum Gasteiger partial charge on any atom is -0.476 e. The van der Waals surface area contributed by atoms with Crippen molar-refractivity contribution in [3.63, 3.8) is 0 Å². The summed E-state index contributed by atoms with van der Waals surface area (Å²) >= 11 is 0. The van der Waals surface area contributed by atoms with Gasteiger partial charge in [0, 0.05) is 18.3 Å². The molecule has 0 unspecified atom stereocenters. The number of fused-ring (bicyclic) bond motifs is 1. The maximum atomic E-state index is 5.68. The average Bonchev–Trinajstić information content (AvgIpc) is 3.02. The molecule has 8 heteroatoms. The van der Waals surface area contributed by atoms with E-state index in [2.05, 4.69) is 38.9 Å². The highest BCUT2D eigenvalue weighted by Crippen LogP contribution is 2.24. The molecule has 3 aromatic heterocycles. The summed E-state index contributed by atoms with van der Waals surface area (Å²) in [5.74, 6) is 1.10. The molecule has 0 amide bonds. The van der Waals surface area contributed by atoms with E-state index in [1.807, 2.05) is 17.8 Å². The molecule has 0 radical (unpaired) electrons. The SMILES string of the molecule is CCOc1nc(N)nc2ncc(-c3cnn(CCC(C)C)c3)nc12. The number of aromatic nitrogens is 6. The van der Waals surface area contributed by atoms with Crippen molar-refractivity contribution in [3.8, 4) is 17.1 Å². The largest absolute Gasteiger partial charge is 0.476 e. The highest BCUT2D eigenvalue weighted by Gasteiger charge is 2.13. The van der Waals surface area contributed by atoms with Crippen LogP contribution < -0.4 is 10.5 Å². The van der Waals surface area contributed by atoms with Crippen LogP contribution in [0.2, 0.25) is 0 Å². The van der Waals surface area contributed by atoms with E-state index < -0.39 is 0 Å². The van der Waals surface area contributed by atoms with E-state index >= 15 is 0 Å². The summed E-state index contributed by atoms with van der Waals surface area (Å²) in [6.45, 7) is 7.60. The molecular formula is C16H21N7O. The molecule has 2 N–H and O–H groups in total. The Kier molecular flexibility index (Phi) is 4.54. The van der Waals surface area contributed by atoms with Gasteiger partial charge in [0.25, 0.3) is 0 Å². The van der Waals surface area contributed by atoms with Crippen LogP contribution in [0.1, 0.15) is 27.2 Å². The molecule has 0 aliphatic carbocycles. The Morgan fingerprint density at radius 3 is 2.79 bits per heavy atom. The molecule has 0 bridgehead atoms. The summed E-state index contributed by atoms with van der Waals surface area (Å²) in [4.78, 5) is 17.1. The van der Waals surface area contributed by atoms with Gasteiger partial charge in [0.05, 0.1) is 24.7 Å². The van der Waals surface area contributed by atoms with Gasteiger partial charge in [-0.3, -0.25) is 4.68 Å². The number of nitrogens with two attached hydrogens (primary N) is 1. The number of nitrogens with zero attached hydrogens (tertiary/aromatic N) is 6. The Morgan fingerprint density at radius 2 is 2.04 bits per heavy atom. The van der Waals surface area contributed by atoms with Crippen LogP contribution in [-0.2, 0) is 6.54 Å². The third-order valence-electron chi connectivity index (χ3n) is 3.54. The standard InChI is InChI=1S/C16H21N7O/c1-4-24-15-13-14(21-16(17)22-15)18-8-12(20-13)11-7-19-23(9-11)6-5-10(2)3/h7-10H,4-6H2,1-3H3,(H2,17,18,21,22). The molecule has 0 fully saturated rings. The minimum absolute atomic E-state index is 0.120. The van der Waals surface area contributed by atoms with Gasteiger partial charge in [-0.05, 0) is 19.3 Å². The summed E-state index contributed by atoms with van der Waals surface area (Å²) in [6, 6.07) is 0. The van der Waals surface area contributed by atoms with Crippen molar-refractivity contribution in [2.75, 3.05) is 12.3 Å². The van der Waals surface area contributed by atoms with Crippen LogP contribution in [-0.4, -0.2) is 36.3 Å². The first-order valence-corrected chi connectivity index (χ1v) is 8.02. The van der Waals surface area contributed by atoms with Crippen LogP contribution in [0.15, 0.2) is 18.6 Å². The molecule has 126 valence electrons. The summed E-state index contributed by atoms with van der Waals surface area (Å²) < 4.78 is 7.43. The lowest BCUT2D eigenvalue weighted by atomic mass is 10.1. The van der Waals surface area contributed by atoms with Crippen LogP contribution in [0, 0.1) is 5.92 Å². The molecule has 0 aromatic carbocycles. The number of aryl methyl sites for hydroxylation is 1. The van der Waals surface area contributed by atoms with Gasteiger partial charge in [-0.2, -0.15) is 15.1 Å². The van der Waals surface area contributed by atoms with Gasteiger partial charge < -0.3 is 10.5 Å². The Labute approximate surface area is 140 Å². The predicted molar refractivity (Wildman–Crippen MR) is 91.4 cm³/mol. The van der Waals surface area contributed by atoms with Crippen molar-refractivity contribution in [1.82, 2.24) is 29.7 Å². The first-order chi connectivity index (χ1) is 11.6. The van der Waals surface area contributed by atoms with Gasteiger partial charge in [-0.1, -0.05) is 13.8 Å². The smallest absolute Gasteiger partial charge is 0.247 e. The lowest BCUT2D eigenvalue weighted by Gasteiger charge is -2.06. The first kappa shape index (κ1) is 16.1. The third-order valence-corrected chi connectivity index (χ3v) is 3.54. The highest BCUT2D eigenvalue weighted by molar-refractivity contribution is 5.79. The summed E-state index contributed by atoms with van der Waals surface area (Å²) in [7, 11) is 0. The number of rotatable bonds is 6. The zero-order valence-electron chi connectivity index (χ0n) is 14.1. The van der Waals surface area contributed by atoms with Crippen molar-refractivity contribution in [3.05, 3.63) is 18.6 Å². The molecule has 0 saturated heterocycles. The molecular weight excluding hydrogens is 306 g/mol. The fourth-order valence-electron chi connectivity index (χ4n) is 2.28. The molecule has 0 aliphatic rings. The Hall–Kier alpha value is -2.77. The van der Waals surface area contributed by atoms with E-state index in [0.717, 1.165) is 18.5 Å². The molecule has 0 atom stereocenters. The molecule has 0 spiro atoms. The molecule has 0 saturated carbocycles. The Balaban J connectivity index is 1.95. The van der Waals surface area contributed by atoms with Crippen molar-refractivity contribution < 1.29 is 4.74 Å². The molecule has 24 heavy (non-hydrogen) atoms. The second-order valence-electron chi connectivity index (χ2n) is 5.92. The quantitative estimate of drug-likeness (QED) is 0.740. The first-order valence-electron chi connectivity index (χ1n) is 8.02. The van der Waals surface area contributed by atoms with Crippen molar-refractivity contribution in [2.45, 2.75) is 33.7 Å². The van der Waals surface area contributed by atoms with Crippen molar-refractivity contribution >= 4 is 17.1 Å². The van der Waals surface area contributed by atoms with Gasteiger partial charge in [-0.15, -0.1) is 0 Å². The summed E-state index contributed by atoms with van der Waals surface area (Å²) in [5.41, 5.74) is 8.20. The lowest BCUT2D eigenvalue weighted by molar-refractivity contribution is 0.330. The van der Waals surface area contributed by atoms with E-state index in [9.17, 15) is 0 Å². The monoisotopic (exact) mass is 327 g/mol. The van der Waals surface area contributed by atoms with Crippen molar-refractivity contribution in [2.24, 2.45) is 5.92 Å². The van der Waals surface area contributed by atoms with Gasteiger partial charge in [0.15, 0.2) is 11.2 Å². The number of nitrogen functional groups attached to an aromatic ring is 1. The van der Waals surface area contributed by atoms with Gasteiger partial charge in [0.1, 0.15) is 0 Å².